The number of hydrogen-bond acceptors (Lipinski definition) is 3. The van der Waals surface area contributed by atoms with Gasteiger partial charge < -0.3 is 9.30 Å². The first-order valence-corrected chi connectivity index (χ1v) is 5.62. The summed E-state index contributed by atoms with van der Waals surface area (Å²) < 4.78 is 42.5. The fraction of sp³-hybridized carbons (Fsp3) is 0.500. The predicted molar refractivity (Wildman–Crippen MR) is 62.2 cm³/mol. The van der Waals surface area contributed by atoms with Crippen LogP contribution in [0.1, 0.15) is 28.5 Å². The standard InChI is InChI=1S/C12H14F3NO3/c1-4-19-11(18)10-7(2)5-9(17)16(8(10)3)6-12(13,14)15/h5H,4,6H2,1-3H3. The Morgan fingerprint density at radius 1 is 1.37 bits per heavy atom. The molecule has 1 heterocycles. The van der Waals surface area contributed by atoms with Gasteiger partial charge in [-0.25, -0.2) is 4.79 Å². The number of carbonyl (C=O) groups excluding carboxylic acids is 1. The van der Waals surface area contributed by atoms with E-state index in [2.05, 4.69) is 0 Å². The molecule has 19 heavy (non-hydrogen) atoms. The van der Waals surface area contributed by atoms with Crippen LogP contribution >= 0.6 is 0 Å². The van der Waals surface area contributed by atoms with E-state index >= 15 is 0 Å². The van der Waals surface area contributed by atoms with Crippen LogP contribution in [0.2, 0.25) is 0 Å². The first kappa shape index (κ1) is 15.3. The van der Waals surface area contributed by atoms with Crippen LogP contribution in [0.25, 0.3) is 0 Å². The predicted octanol–water partition coefficient (Wildman–Crippen LogP) is 2.20. The van der Waals surface area contributed by atoms with Crippen LogP contribution in [-0.2, 0) is 11.3 Å². The van der Waals surface area contributed by atoms with Crippen molar-refractivity contribution in [3.8, 4) is 0 Å². The Morgan fingerprint density at radius 2 is 1.95 bits per heavy atom. The molecule has 0 saturated heterocycles. The highest BCUT2D eigenvalue weighted by atomic mass is 19.4. The third-order valence-corrected chi connectivity index (χ3v) is 2.58. The lowest BCUT2D eigenvalue weighted by Gasteiger charge is -2.16. The van der Waals surface area contributed by atoms with Gasteiger partial charge in [-0.15, -0.1) is 0 Å². The maximum atomic E-state index is 12.4. The molecule has 1 aromatic heterocycles. The minimum atomic E-state index is -4.53. The molecular weight excluding hydrogens is 263 g/mol. The van der Waals surface area contributed by atoms with Crippen molar-refractivity contribution in [2.24, 2.45) is 0 Å². The van der Waals surface area contributed by atoms with E-state index in [9.17, 15) is 22.8 Å². The second kappa shape index (κ2) is 5.46. The van der Waals surface area contributed by atoms with Crippen molar-refractivity contribution < 1.29 is 22.7 Å². The average Bonchev–Trinajstić information content (AvgIpc) is 2.23. The van der Waals surface area contributed by atoms with E-state index in [-0.39, 0.29) is 17.9 Å². The Kier molecular flexibility index (Phi) is 4.39. The zero-order valence-electron chi connectivity index (χ0n) is 10.8. The summed E-state index contributed by atoms with van der Waals surface area (Å²) in [6, 6.07) is 1.00. The molecule has 1 aromatic rings. The van der Waals surface area contributed by atoms with Crippen molar-refractivity contribution in [3.63, 3.8) is 0 Å². The summed E-state index contributed by atoms with van der Waals surface area (Å²) in [6.45, 7) is 3.06. The molecule has 0 aromatic carbocycles. The molecule has 0 aliphatic rings. The van der Waals surface area contributed by atoms with E-state index in [0.29, 0.717) is 10.1 Å². The summed E-state index contributed by atoms with van der Waals surface area (Å²) in [6.07, 6.45) is -4.53. The fourth-order valence-corrected chi connectivity index (χ4v) is 1.81. The monoisotopic (exact) mass is 277 g/mol. The minimum absolute atomic E-state index is 0.00528. The van der Waals surface area contributed by atoms with Crippen LogP contribution in [-0.4, -0.2) is 23.3 Å². The molecule has 0 aliphatic heterocycles. The smallest absolute Gasteiger partial charge is 0.406 e. The Morgan fingerprint density at radius 3 is 2.42 bits per heavy atom. The quantitative estimate of drug-likeness (QED) is 0.796. The second-order valence-corrected chi connectivity index (χ2v) is 4.05. The van der Waals surface area contributed by atoms with E-state index in [4.69, 9.17) is 4.74 Å². The highest BCUT2D eigenvalue weighted by Crippen LogP contribution is 2.20. The molecule has 0 bridgehead atoms. The molecule has 0 aliphatic carbocycles. The number of esters is 1. The van der Waals surface area contributed by atoms with E-state index in [1.54, 1.807) is 6.92 Å². The van der Waals surface area contributed by atoms with Gasteiger partial charge in [0.05, 0.1) is 12.2 Å². The SMILES string of the molecule is CCOC(=O)c1c(C)cc(=O)n(CC(F)(F)F)c1C. The number of ether oxygens (including phenoxy) is 1. The zero-order valence-corrected chi connectivity index (χ0v) is 10.8. The number of aromatic nitrogens is 1. The van der Waals surface area contributed by atoms with Crippen molar-refractivity contribution in [1.82, 2.24) is 4.57 Å². The third kappa shape index (κ3) is 3.59. The number of halogens is 3. The Hall–Kier alpha value is -1.79. The summed E-state index contributed by atoms with van der Waals surface area (Å²) in [7, 11) is 0. The molecule has 0 spiro atoms. The topological polar surface area (TPSA) is 48.3 Å². The summed E-state index contributed by atoms with van der Waals surface area (Å²) >= 11 is 0. The molecule has 0 amide bonds. The molecule has 0 N–H and O–H groups in total. The number of nitrogens with zero attached hydrogens (tertiary/aromatic N) is 1. The summed E-state index contributed by atoms with van der Waals surface area (Å²) in [5, 5.41) is 0. The van der Waals surface area contributed by atoms with Crippen LogP contribution in [0.5, 0.6) is 0 Å². The lowest BCUT2D eigenvalue weighted by molar-refractivity contribution is -0.141. The highest BCUT2D eigenvalue weighted by Gasteiger charge is 2.30. The van der Waals surface area contributed by atoms with E-state index in [1.165, 1.54) is 13.8 Å². The van der Waals surface area contributed by atoms with E-state index in [0.717, 1.165) is 6.07 Å². The third-order valence-electron chi connectivity index (χ3n) is 2.58. The maximum absolute atomic E-state index is 12.4. The van der Waals surface area contributed by atoms with Gasteiger partial charge >= 0.3 is 12.1 Å². The number of hydrogen-bond donors (Lipinski definition) is 0. The Bertz CT molecular complexity index is 546. The molecule has 0 fully saturated rings. The molecule has 0 unspecified atom stereocenters. The van der Waals surface area contributed by atoms with Gasteiger partial charge in [-0.2, -0.15) is 13.2 Å². The molecule has 0 atom stereocenters. The molecule has 106 valence electrons. The van der Waals surface area contributed by atoms with Gasteiger partial charge in [-0.1, -0.05) is 0 Å². The highest BCUT2D eigenvalue weighted by molar-refractivity contribution is 5.92. The van der Waals surface area contributed by atoms with Gasteiger partial charge in [-0.05, 0) is 26.3 Å². The molecule has 1 rings (SSSR count). The van der Waals surface area contributed by atoms with E-state index in [1.807, 2.05) is 0 Å². The fourth-order valence-electron chi connectivity index (χ4n) is 1.81. The van der Waals surface area contributed by atoms with Crippen LogP contribution < -0.4 is 5.56 Å². The summed E-state index contributed by atoms with van der Waals surface area (Å²) in [5.74, 6) is -0.728. The van der Waals surface area contributed by atoms with Gasteiger partial charge in [0, 0.05) is 11.8 Å². The number of rotatable bonds is 3. The largest absolute Gasteiger partial charge is 0.462 e. The Balaban J connectivity index is 3.39. The van der Waals surface area contributed by atoms with Crippen molar-refractivity contribution >= 4 is 5.97 Å². The lowest BCUT2D eigenvalue weighted by Crippen LogP contribution is -2.31. The van der Waals surface area contributed by atoms with E-state index < -0.39 is 24.2 Å². The number of aryl methyl sites for hydroxylation is 1. The molecule has 0 saturated carbocycles. The van der Waals surface area contributed by atoms with Crippen LogP contribution in [0.4, 0.5) is 13.2 Å². The summed E-state index contributed by atoms with van der Waals surface area (Å²) in [4.78, 5) is 23.3. The van der Waals surface area contributed by atoms with Gasteiger partial charge in [0.2, 0.25) is 0 Å². The first-order valence-electron chi connectivity index (χ1n) is 5.62. The lowest BCUT2D eigenvalue weighted by atomic mass is 10.1. The molecule has 0 radical (unpaired) electrons. The number of pyridine rings is 1. The Labute approximate surface area is 107 Å². The van der Waals surface area contributed by atoms with Crippen molar-refractivity contribution in [3.05, 3.63) is 33.2 Å². The average molecular weight is 277 g/mol. The van der Waals surface area contributed by atoms with Crippen molar-refractivity contribution in [1.29, 1.82) is 0 Å². The minimum Gasteiger partial charge on any atom is -0.462 e. The first-order chi connectivity index (χ1) is 8.67. The van der Waals surface area contributed by atoms with Crippen LogP contribution in [0.3, 0.4) is 0 Å². The van der Waals surface area contributed by atoms with Crippen molar-refractivity contribution in [2.75, 3.05) is 6.61 Å². The zero-order chi connectivity index (χ0) is 14.8. The molecule has 4 nitrogen and oxygen atoms in total. The van der Waals surface area contributed by atoms with Crippen LogP contribution in [0, 0.1) is 13.8 Å². The van der Waals surface area contributed by atoms with Crippen molar-refractivity contribution in [2.45, 2.75) is 33.5 Å². The molecule has 7 heteroatoms. The number of alkyl halides is 3. The normalized spacial score (nSPS) is 11.5. The maximum Gasteiger partial charge on any atom is 0.406 e. The van der Waals surface area contributed by atoms with Gasteiger partial charge in [0.25, 0.3) is 5.56 Å². The van der Waals surface area contributed by atoms with Crippen LogP contribution in [0.15, 0.2) is 10.9 Å². The van der Waals surface area contributed by atoms with Gasteiger partial charge in [-0.3, -0.25) is 4.79 Å². The number of carbonyl (C=O) groups is 1. The molecular formula is C12H14F3NO3. The second-order valence-electron chi connectivity index (χ2n) is 4.05. The van der Waals surface area contributed by atoms with Gasteiger partial charge in [0.15, 0.2) is 0 Å². The van der Waals surface area contributed by atoms with Gasteiger partial charge in [0.1, 0.15) is 6.54 Å². The summed E-state index contributed by atoms with van der Waals surface area (Å²) in [5.41, 5.74) is -0.522.